The van der Waals surface area contributed by atoms with Gasteiger partial charge in [0.15, 0.2) is 6.20 Å². The number of fused-ring (bicyclic) bond motifs is 2. The topological polar surface area (TPSA) is 14.1 Å². The van der Waals surface area contributed by atoms with Crippen LogP contribution < -0.4 is 4.98 Å². The van der Waals surface area contributed by atoms with E-state index in [1.165, 1.54) is 27.3 Å². The second-order valence-electron chi connectivity index (χ2n) is 5.42. The van der Waals surface area contributed by atoms with Crippen LogP contribution in [0.1, 0.15) is 11.1 Å². The van der Waals surface area contributed by atoms with Crippen LogP contribution in [0.15, 0.2) is 79.0 Å². The minimum absolute atomic E-state index is 1.16. The fraction of sp³-hybridized carbons (Fsp3) is 0. The predicted octanol–water partition coefficient (Wildman–Crippen LogP) is 4.98. The van der Waals surface area contributed by atoms with E-state index in [1.807, 2.05) is 6.20 Å². The zero-order chi connectivity index (χ0) is 14.8. The van der Waals surface area contributed by atoms with Crippen molar-refractivity contribution >= 4 is 33.8 Å². The number of aromatic nitrogens is 1. The maximum Gasteiger partial charge on any atom is 0.211 e. The van der Waals surface area contributed by atoms with Crippen LogP contribution in [0.25, 0.3) is 33.8 Å². The Balaban J connectivity index is 1.75. The molecule has 0 saturated heterocycles. The number of benzene rings is 3. The molecule has 0 unspecified atom stereocenters. The van der Waals surface area contributed by atoms with Gasteiger partial charge in [0, 0.05) is 12.1 Å². The second kappa shape index (κ2) is 5.45. The summed E-state index contributed by atoms with van der Waals surface area (Å²) in [6.45, 7) is 0. The van der Waals surface area contributed by atoms with Gasteiger partial charge in [-0.1, -0.05) is 60.7 Å². The second-order valence-corrected chi connectivity index (χ2v) is 5.42. The molecule has 0 amide bonds. The van der Waals surface area contributed by atoms with Crippen LogP contribution in [0.2, 0.25) is 0 Å². The highest BCUT2D eigenvalue weighted by Crippen LogP contribution is 2.19. The zero-order valence-corrected chi connectivity index (χ0v) is 12.2. The van der Waals surface area contributed by atoms with Crippen LogP contribution in [-0.2, 0) is 0 Å². The minimum Gasteiger partial charge on any atom is -0.211 e. The summed E-state index contributed by atoms with van der Waals surface area (Å²) in [4.78, 5) is 3.28. The summed E-state index contributed by atoms with van der Waals surface area (Å²) in [6.07, 6.45) is 6.34. The van der Waals surface area contributed by atoms with E-state index in [0.717, 1.165) is 5.52 Å². The molecule has 4 aromatic rings. The molecule has 0 aliphatic rings. The summed E-state index contributed by atoms with van der Waals surface area (Å²) in [5, 5.41) is 3.79. The molecule has 1 nitrogen and oxygen atoms in total. The number of aromatic amines is 1. The van der Waals surface area contributed by atoms with Gasteiger partial charge in [-0.3, -0.25) is 0 Å². The average molecular weight is 282 g/mol. The van der Waals surface area contributed by atoms with E-state index in [0.29, 0.717) is 0 Å². The Morgan fingerprint density at radius 2 is 1.50 bits per heavy atom. The molecule has 4 rings (SSSR count). The van der Waals surface area contributed by atoms with Gasteiger partial charge in [-0.15, -0.1) is 0 Å². The van der Waals surface area contributed by atoms with E-state index >= 15 is 0 Å². The lowest BCUT2D eigenvalue weighted by Crippen LogP contribution is -2.02. The normalized spacial score (nSPS) is 11.5. The van der Waals surface area contributed by atoms with Gasteiger partial charge in [-0.2, -0.15) is 0 Å². The fourth-order valence-corrected chi connectivity index (χ4v) is 2.81. The summed E-state index contributed by atoms with van der Waals surface area (Å²) in [7, 11) is 0. The number of hydrogen-bond acceptors (Lipinski definition) is 0. The Bertz CT molecular complexity index is 978. The Kier molecular flexibility index (Phi) is 3.17. The molecular weight excluding hydrogens is 266 g/mol. The van der Waals surface area contributed by atoms with E-state index < -0.39 is 0 Å². The molecule has 3 aromatic carbocycles. The Hall–Kier alpha value is -2.93. The van der Waals surface area contributed by atoms with Crippen molar-refractivity contribution in [2.75, 3.05) is 0 Å². The van der Waals surface area contributed by atoms with E-state index in [4.69, 9.17) is 0 Å². The van der Waals surface area contributed by atoms with E-state index in [9.17, 15) is 0 Å². The number of pyridine rings is 1. The van der Waals surface area contributed by atoms with Crippen molar-refractivity contribution in [2.45, 2.75) is 0 Å². The SMILES string of the molecule is C(=Cc1cc[nH+]c2ccccc12)c1ccc2ccccc2c1. The van der Waals surface area contributed by atoms with Crippen molar-refractivity contribution in [1.82, 2.24) is 0 Å². The highest BCUT2D eigenvalue weighted by molar-refractivity contribution is 5.90. The zero-order valence-electron chi connectivity index (χ0n) is 12.2. The molecule has 104 valence electrons. The lowest BCUT2D eigenvalue weighted by molar-refractivity contribution is -0.344. The van der Waals surface area contributed by atoms with E-state index in [2.05, 4.69) is 89.9 Å². The first-order valence-electron chi connectivity index (χ1n) is 7.46. The molecule has 0 saturated carbocycles. The molecule has 0 aliphatic carbocycles. The summed E-state index contributed by atoms with van der Waals surface area (Å²) < 4.78 is 0. The molecule has 1 N–H and O–H groups in total. The largest absolute Gasteiger partial charge is 0.211 e. The van der Waals surface area contributed by atoms with E-state index in [1.54, 1.807) is 0 Å². The van der Waals surface area contributed by atoms with Crippen molar-refractivity contribution < 1.29 is 4.98 Å². The highest BCUT2D eigenvalue weighted by Gasteiger charge is 2.02. The molecular formula is C21H16N+. The van der Waals surface area contributed by atoms with Gasteiger partial charge in [0.25, 0.3) is 0 Å². The van der Waals surface area contributed by atoms with Crippen molar-refractivity contribution in [3.05, 3.63) is 90.1 Å². The van der Waals surface area contributed by atoms with Crippen molar-refractivity contribution in [3.63, 3.8) is 0 Å². The van der Waals surface area contributed by atoms with Crippen LogP contribution in [0.5, 0.6) is 0 Å². The third-order valence-electron chi connectivity index (χ3n) is 3.97. The smallest absolute Gasteiger partial charge is 0.211 e. The molecule has 0 fully saturated rings. The standard InChI is InChI=1S/C21H15N/c1-2-6-19-15-16(9-11-17(19)5-1)10-12-18-13-14-22-21-8-4-3-7-20(18)21/h1-15H/p+1. The average Bonchev–Trinajstić information content (AvgIpc) is 2.60. The minimum atomic E-state index is 1.16. The molecule has 1 aromatic heterocycles. The maximum atomic E-state index is 3.28. The summed E-state index contributed by atoms with van der Waals surface area (Å²) >= 11 is 0. The number of hydrogen-bond donors (Lipinski definition) is 0. The van der Waals surface area contributed by atoms with Gasteiger partial charge in [0.1, 0.15) is 0 Å². The molecule has 22 heavy (non-hydrogen) atoms. The molecule has 1 heteroatoms. The monoisotopic (exact) mass is 282 g/mol. The van der Waals surface area contributed by atoms with Gasteiger partial charge in [0.05, 0.1) is 5.39 Å². The van der Waals surface area contributed by atoms with Crippen LogP contribution in [0, 0.1) is 0 Å². The third-order valence-corrected chi connectivity index (χ3v) is 3.97. The maximum absolute atomic E-state index is 3.28. The summed E-state index contributed by atoms with van der Waals surface area (Å²) in [5.74, 6) is 0. The molecule has 0 radical (unpaired) electrons. The van der Waals surface area contributed by atoms with Gasteiger partial charge < -0.3 is 0 Å². The Morgan fingerprint density at radius 1 is 0.682 bits per heavy atom. The number of rotatable bonds is 2. The first kappa shape index (κ1) is 12.8. The first-order valence-corrected chi connectivity index (χ1v) is 7.46. The molecule has 1 heterocycles. The summed E-state index contributed by atoms with van der Waals surface area (Å²) in [6, 6.07) is 25.5. The first-order chi connectivity index (χ1) is 10.9. The van der Waals surface area contributed by atoms with E-state index in [-0.39, 0.29) is 0 Å². The van der Waals surface area contributed by atoms with Crippen molar-refractivity contribution in [1.29, 1.82) is 0 Å². The van der Waals surface area contributed by atoms with Crippen LogP contribution in [0.4, 0.5) is 0 Å². The number of nitrogens with one attached hydrogen (secondary N) is 1. The number of para-hydroxylation sites is 1. The molecule has 0 atom stereocenters. The molecule has 0 aliphatic heterocycles. The number of H-pyrrole nitrogens is 1. The van der Waals surface area contributed by atoms with Gasteiger partial charge in [0.2, 0.25) is 5.52 Å². The molecule has 0 spiro atoms. The van der Waals surface area contributed by atoms with Gasteiger partial charge >= 0.3 is 0 Å². The lowest BCUT2D eigenvalue weighted by Gasteiger charge is -2.00. The van der Waals surface area contributed by atoms with Crippen LogP contribution in [-0.4, -0.2) is 0 Å². The quantitative estimate of drug-likeness (QED) is 0.492. The molecule has 0 bridgehead atoms. The Labute approximate surface area is 129 Å². The predicted molar refractivity (Wildman–Crippen MR) is 93.4 cm³/mol. The highest BCUT2D eigenvalue weighted by atomic mass is 14.6. The summed E-state index contributed by atoms with van der Waals surface area (Å²) in [5.41, 5.74) is 3.60. The Morgan fingerprint density at radius 3 is 2.45 bits per heavy atom. The van der Waals surface area contributed by atoms with Gasteiger partial charge in [-0.05, 0) is 34.0 Å². The van der Waals surface area contributed by atoms with Crippen LogP contribution in [0.3, 0.4) is 0 Å². The lowest BCUT2D eigenvalue weighted by atomic mass is 10.0. The van der Waals surface area contributed by atoms with Crippen molar-refractivity contribution in [3.8, 4) is 0 Å². The third kappa shape index (κ3) is 2.38. The van der Waals surface area contributed by atoms with Crippen molar-refractivity contribution in [2.24, 2.45) is 0 Å². The van der Waals surface area contributed by atoms with Gasteiger partial charge in [-0.25, -0.2) is 4.98 Å². The fourth-order valence-electron chi connectivity index (χ4n) is 2.81. The van der Waals surface area contributed by atoms with Crippen LogP contribution >= 0.6 is 0 Å².